The maximum Gasteiger partial charge on any atom is 0.309 e. The molecule has 0 atom stereocenters. The number of methoxy groups -OCH3 is 1. The van der Waals surface area contributed by atoms with Crippen LogP contribution < -0.4 is 5.32 Å². The summed E-state index contributed by atoms with van der Waals surface area (Å²) in [6, 6.07) is 0. The van der Waals surface area contributed by atoms with E-state index in [4.69, 9.17) is 0 Å². The number of amides is 2. The van der Waals surface area contributed by atoms with E-state index in [1.54, 1.807) is 0 Å². The van der Waals surface area contributed by atoms with E-state index in [2.05, 4.69) is 10.1 Å². The number of imide groups is 1. The maximum atomic E-state index is 10.9. The molecule has 12 heavy (non-hydrogen) atoms. The van der Waals surface area contributed by atoms with Gasteiger partial charge in [0.2, 0.25) is 11.8 Å². The third-order valence-electron chi connectivity index (χ3n) is 1.68. The summed E-state index contributed by atoms with van der Waals surface area (Å²) in [7, 11) is 1.24. The van der Waals surface area contributed by atoms with Gasteiger partial charge in [-0.15, -0.1) is 0 Å². The molecule has 0 aromatic rings. The molecule has 1 N–H and O–H groups in total. The fraction of sp³-hybridized carbons (Fsp3) is 0.571. The first kappa shape index (κ1) is 8.70. The zero-order valence-electron chi connectivity index (χ0n) is 6.62. The smallest absolute Gasteiger partial charge is 0.309 e. The van der Waals surface area contributed by atoms with Crippen molar-refractivity contribution in [1.82, 2.24) is 5.32 Å². The van der Waals surface area contributed by atoms with Gasteiger partial charge in [0.1, 0.15) is 0 Å². The van der Waals surface area contributed by atoms with Crippen LogP contribution in [0.2, 0.25) is 0 Å². The van der Waals surface area contributed by atoms with E-state index >= 15 is 0 Å². The number of rotatable bonds is 1. The molecule has 1 saturated heterocycles. The molecule has 1 rings (SSSR count). The van der Waals surface area contributed by atoms with Crippen molar-refractivity contribution in [2.24, 2.45) is 5.92 Å². The summed E-state index contributed by atoms with van der Waals surface area (Å²) >= 11 is 0. The topological polar surface area (TPSA) is 72.5 Å². The normalized spacial score (nSPS) is 18.8. The van der Waals surface area contributed by atoms with Gasteiger partial charge in [0.05, 0.1) is 13.0 Å². The number of carbonyl (C=O) groups is 3. The van der Waals surface area contributed by atoms with Crippen LogP contribution in [0.5, 0.6) is 0 Å². The van der Waals surface area contributed by atoms with Crippen molar-refractivity contribution in [3.05, 3.63) is 0 Å². The molecule has 1 heterocycles. The van der Waals surface area contributed by atoms with E-state index in [1.807, 2.05) is 0 Å². The van der Waals surface area contributed by atoms with Gasteiger partial charge in [0, 0.05) is 12.8 Å². The molecule has 0 bridgehead atoms. The molecule has 0 aliphatic carbocycles. The Kier molecular flexibility index (Phi) is 2.42. The van der Waals surface area contributed by atoms with Crippen molar-refractivity contribution in [3.63, 3.8) is 0 Å². The van der Waals surface area contributed by atoms with Crippen molar-refractivity contribution in [2.75, 3.05) is 7.11 Å². The summed E-state index contributed by atoms with van der Waals surface area (Å²) in [4.78, 5) is 32.4. The van der Waals surface area contributed by atoms with Crippen molar-refractivity contribution >= 4 is 17.8 Å². The first-order valence-corrected chi connectivity index (χ1v) is 3.54. The minimum Gasteiger partial charge on any atom is -0.469 e. The van der Waals surface area contributed by atoms with Crippen molar-refractivity contribution < 1.29 is 19.1 Å². The fourth-order valence-electron chi connectivity index (χ4n) is 1.11. The van der Waals surface area contributed by atoms with Gasteiger partial charge in [-0.2, -0.15) is 0 Å². The second kappa shape index (κ2) is 3.34. The first-order valence-electron chi connectivity index (χ1n) is 3.54. The number of esters is 1. The molecule has 0 spiro atoms. The molecule has 0 radical (unpaired) electrons. The number of nitrogens with one attached hydrogen (secondary N) is 1. The highest BCUT2D eigenvalue weighted by Gasteiger charge is 2.30. The fourth-order valence-corrected chi connectivity index (χ4v) is 1.11. The summed E-state index contributed by atoms with van der Waals surface area (Å²) in [5.41, 5.74) is 0. The van der Waals surface area contributed by atoms with Gasteiger partial charge < -0.3 is 4.74 Å². The van der Waals surface area contributed by atoms with E-state index in [-0.39, 0.29) is 12.8 Å². The highest BCUT2D eigenvalue weighted by atomic mass is 16.5. The molecule has 0 unspecified atom stereocenters. The van der Waals surface area contributed by atoms with Crippen molar-refractivity contribution in [2.45, 2.75) is 12.8 Å². The SMILES string of the molecule is COC(=O)C1CC(=O)NC(=O)C1. The van der Waals surface area contributed by atoms with Crippen molar-refractivity contribution in [3.8, 4) is 0 Å². The van der Waals surface area contributed by atoms with Gasteiger partial charge in [0.25, 0.3) is 0 Å². The van der Waals surface area contributed by atoms with Gasteiger partial charge in [0.15, 0.2) is 0 Å². The largest absolute Gasteiger partial charge is 0.469 e. The monoisotopic (exact) mass is 171 g/mol. The second-order valence-corrected chi connectivity index (χ2v) is 2.60. The Morgan fingerprint density at radius 3 is 2.33 bits per heavy atom. The quantitative estimate of drug-likeness (QED) is 0.414. The first-order chi connectivity index (χ1) is 5.63. The molecule has 1 fully saturated rings. The third kappa shape index (κ3) is 1.81. The number of hydrogen-bond donors (Lipinski definition) is 1. The van der Waals surface area contributed by atoms with Gasteiger partial charge in [-0.25, -0.2) is 0 Å². The third-order valence-corrected chi connectivity index (χ3v) is 1.68. The van der Waals surface area contributed by atoms with Gasteiger partial charge >= 0.3 is 5.97 Å². The molecule has 0 aromatic heterocycles. The predicted octanol–water partition coefficient (Wildman–Crippen LogP) is -0.788. The summed E-state index contributed by atoms with van der Waals surface area (Å²) in [5.74, 6) is -1.93. The van der Waals surface area contributed by atoms with E-state index in [1.165, 1.54) is 7.11 Å². The van der Waals surface area contributed by atoms with Crippen LogP contribution in [-0.2, 0) is 19.1 Å². The Morgan fingerprint density at radius 2 is 1.92 bits per heavy atom. The minimum absolute atomic E-state index is 0.0401. The zero-order chi connectivity index (χ0) is 9.14. The maximum absolute atomic E-state index is 10.9. The van der Waals surface area contributed by atoms with Crippen molar-refractivity contribution in [1.29, 1.82) is 0 Å². The summed E-state index contributed by atoms with van der Waals surface area (Å²) in [6.07, 6.45) is 0.0802. The molecule has 0 aromatic carbocycles. The number of hydrogen-bond acceptors (Lipinski definition) is 4. The Hall–Kier alpha value is -1.39. The lowest BCUT2D eigenvalue weighted by atomic mass is 9.97. The summed E-state index contributed by atoms with van der Waals surface area (Å²) in [6.45, 7) is 0. The standard InChI is InChI=1S/C7H9NO4/c1-12-7(11)4-2-5(9)8-6(10)3-4/h4H,2-3H2,1H3,(H,8,9,10). The number of piperidine rings is 1. The Labute approximate surface area is 69.1 Å². The predicted molar refractivity (Wildman–Crippen MR) is 37.9 cm³/mol. The molecule has 0 saturated carbocycles. The Morgan fingerprint density at radius 1 is 1.42 bits per heavy atom. The van der Waals surface area contributed by atoms with Gasteiger partial charge in [-0.3, -0.25) is 19.7 Å². The van der Waals surface area contributed by atoms with Crippen LogP contribution in [0.3, 0.4) is 0 Å². The lowest BCUT2D eigenvalue weighted by Gasteiger charge is -2.17. The molecule has 66 valence electrons. The van der Waals surface area contributed by atoms with E-state index in [9.17, 15) is 14.4 Å². The lowest BCUT2D eigenvalue weighted by molar-refractivity contribution is -0.152. The average Bonchev–Trinajstić information content (AvgIpc) is 2.01. The Bertz CT molecular complexity index is 220. The van der Waals surface area contributed by atoms with Crippen LogP contribution in [0.15, 0.2) is 0 Å². The van der Waals surface area contributed by atoms with Gasteiger partial charge in [-0.1, -0.05) is 0 Å². The number of carbonyl (C=O) groups excluding carboxylic acids is 3. The van der Waals surface area contributed by atoms with E-state index < -0.39 is 23.7 Å². The molecule has 5 nitrogen and oxygen atoms in total. The van der Waals surface area contributed by atoms with Crippen LogP contribution in [0.4, 0.5) is 0 Å². The van der Waals surface area contributed by atoms with Crippen LogP contribution in [0.1, 0.15) is 12.8 Å². The van der Waals surface area contributed by atoms with E-state index in [0.29, 0.717) is 0 Å². The molecule has 5 heteroatoms. The van der Waals surface area contributed by atoms with E-state index in [0.717, 1.165) is 0 Å². The average molecular weight is 171 g/mol. The minimum atomic E-state index is -0.601. The summed E-state index contributed by atoms with van der Waals surface area (Å²) in [5, 5.41) is 2.10. The van der Waals surface area contributed by atoms with Gasteiger partial charge in [-0.05, 0) is 0 Å². The van der Waals surface area contributed by atoms with Crippen LogP contribution in [-0.4, -0.2) is 24.9 Å². The summed E-state index contributed by atoms with van der Waals surface area (Å²) < 4.78 is 4.42. The number of ether oxygens (including phenoxy) is 1. The second-order valence-electron chi connectivity index (χ2n) is 2.60. The molecule has 1 aliphatic rings. The van der Waals surface area contributed by atoms with Crippen LogP contribution in [0.25, 0.3) is 0 Å². The molecular formula is C7H9NO4. The highest BCUT2D eigenvalue weighted by Crippen LogP contribution is 2.14. The highest BCUT2D eigenvalue weighted by molar-refractivity contribution is 6.01. The molecular weight excluding hydrogens is 162 g/mol. The van der Waals surface area contributed by atoms with Crippen LogP contribution in [0, 0.1) is 5.92 Å². The van der Waals surface area contributed by atoms with Crippen LogP contribution >= 0.6 is 0 Å². The molecule has 2 amide bonds. The molecule has 1 aliphatic heterocycles. The Balaban J connectivity index is 2.61. The zero-order valence-corrected chi connectivity index (χ0v) is 6.62. The lowest BCUT2D eigenvalue weighted by Crippen LogP contribution is -2.41.